The molecule has 0 unspecified atom stereocenters. The van der Waals surface area contributed by atoms with Gasteiger partial charge in [-0.1, -0.05) is 20.8 Å². The Balaban J connectivity index is -0.000000329. The minimum absolute atomic E-state index is 0.0429. The molecule has 0 saturated heterocycles. The van der Waals surface area contributed by atoms with E-state index in [-0.39, 0.29) is 18.1 Å². The van der Waals surface area contributed by atoms with Crippen LogP contribution < -0.4 is 19.7 Å². The largest absolute Gasteiger partial charge is 0.325 e. The van der Waals surface area contributed by atoms with E-state index in [4.69, 9.17) is 11.6 Å². The second-order valence-electron chi connectivity index (χ2n) is 3.56. The number of carbonyl (C=O) groups excluding carboxylic acids is 3. The smallest absolute Gasteiger partial charge is 0.281 e. The van der Waals surface area contributed by atoms with Gasteiger partial charge in [0.2, 0.25) is 17.1 Å². The van der Waals surface area contributed by atoms with Gasteiger partial charge in [-0.3, -0.25) is 14.4 Å². The number of hydrogen-bond acceptors (Lipinski definition) is 7. The van der Waals surface area contributed by atoms with Crippen molar-refractivity contribution in [1.82, 2.24) is 9.44 Å². The van der Waals surface area contributed by atoms with E-state index in [9.17, 15) is 31.2 Å². The fourth-order valence-corrected chi connectivity index (χ4v) is 1.41. The minimum Gasteiger partial charge on any atom is -0.281 e. The standard InChI is InChI=1S/C6H12N2O4S.C3H5ClO.H4N2O2S/c1-3-5(9)7-13(11,12)8-6(10)4-2;1-2-3(4)5;1-5(2,3)4/h3-4H2,1-2H3,(H,7,9)(H,8,10);2H2,1H3;(H4,1,2,3,4). The van der Waals surface area contributed by atoms with E-state index in [1.807, 2.05) is 0 Å². The summed E-state index contributed by atoms with van der Waals surface area (Å²) in [5.74, 6) is -1.31. The number of amides is 2. The fraction of sp³-hybridized carbons (Fsp3) is 0.667. The molecule has 0 saturated carbocycles. The molecule has 0 radical (unpaired) electrons. The van der Waals surface area contributed by atoms with Crippen molar-refractivity contribution in [2.75, 3.05) is 0 Å². The first-order valence-electron chi connectivity index (χ1n) is 6.03. The Morgan fingerprint density at radius 3 is 1.17 bits per heavy atom. The summed E-state index contributed by atoms with van der Waals surface area (Å²) < 4.78 is 43.5. The lowest BCUT2D eigenvalue weighted by atomic mass is 10.5. The number of nitrogens with two attached hydrogens (primary N) is 2. The van der Waals surface area contributed by atoms with Crippen molar-refractivity contribution in [2.45, 2.75) is 40.0 Å². The van der Waals surface area contributed by atoms with E-state index in [1.54, 1.807) is 16.4 Å². The third-order valence-corrected chi connectivity index (χ3v) is 2.68. The van der Waals surface area contributed by atoms with Crippen molar-refractivity contribution in [3.05, 3.63) is 0 Å². The third-order valence-electron chi connectivity index (χ3n) is 1.42. The zero-order valence-corrected chi connectivity index (χ0v) is 15.2. The van der Waals surface area contributed by atoms with Crippen LogP contribution in [0.15, 0.2) is 0 Å². The van der Waals surface area contributed by atoms with Crippen molar-refractivity contribution < 1.29 is 31.2 Å². The highest BCUT2D eigenvalue weighted by molar-refractivity contribution is 7.88. The zero-order chi connectivity index (χ0) is 19.3. The lowest BCUT2D eigenvalue weighted by molar-refractivity contribution is -0.119. The molecule has 0 aliphatic heterocycles. The SMILES string of the molecule is CCC(=O)Cl.CCC(=O)NS(=O)(=O)NC(=O)CC.NS(N)(=O)=O. The maximum absolute atomic E-state index is 10.9. The Morgan fingerprint density at radius 2 is 1.04 bits per heavy atom. The molecule has 14 heteroatoms. The minimum atomic E-state index is -4.00. The maximum atomic E-state index is 10.9. The molecule has 138 valence electrons. The van der Waals surface area contributed by atoms with Crippen LogP contribution in [0, 0.1) is 0 Å². The van der Waals surface area contributed by atoms with E-state index in [2.05, 4.69) is 10.3 Å². The second-order valence-corrected chi connectivity index (χ2v) is 6.57. The van der Waals surface area contributed by atoms with Crippen LogP contribution in [-0.4, -0.2) is 33.9 Å². The molecule has 11 nitrogen and oxygen atoms in total. The van der Waals surface area contributed by atoms with Crippen molar-refractivity contribution in [3.8, 4) is 0 Å². The molecule has 2 amide bonds. The van der Waals surface area contributed by atoms with E-state index < -0.39 is 32.2 Å². The van der Waals surface area contributed by atoms with Gasteiger partial charge in [-0.2, -0.15) is 16.8 Å². The van der Waals surface area contributed by atoms with Gasteiger partial charge in [0.05, 0.1) is 0 Å². The zero-order valence-electron chi connectivity index (χ0n) is 12.8. The lowest BCUT2D eigenvalue weighted by Gasteiger charge is -2.05. The maximum Gasteiger partial charge on any atom is 0.325 e. The van der Waals surface area contributed by atoms with Crippen molar-refractivity contribution in [1.29, 1.82) is 0 Å². The number of carbonyl (C=O) groups is 3. The monoisotopic (exact) mass is 396 g/mol. The van der Waals surface area contributed by atoms with Crippen LogP contribution in [0.5, 0.6) is 0 Å². The highest BCUT2D eigenvalue weighted by Gasteiger charge is 2.14. The van der Waals surface area contributed by atoms with Gasteiger partial charge in [0, 0.05) is 19.3 Å². The van der Waals surface area contributed by atoms with Crippen LogP contribution in [0.3, 0.4) is 0 Å². The summed E-state index contributed by atoms with van der Waals surface area (Å²) in [5.41, 5.74) is 0. The average Bonchev–Trinajstić information content (AvgIpc) is 2.35. The van der Waals surface area contributed by atoms with E-state index in [0.29, 0.717) is 6.42 Å². The van der Waals surface area contributed by atoms with Gasteiger partial charge < -0.3 is 0 Å². The van der Waals surface area contributed by atoms with Crippen LogP contribution in [-0.2, 0) is 34.8 Å². The molecular formula is C9H21ClN4O7S2. The molecule has 23 heavy (non-hydrogen) atoms. The topological polar surface area (TPSA) is 196 Å². The summed E-state index contributed by atoms with van der Waals surface area (Å²) in [7, 11) is -7.67. The summed E-state index contributed by atoms with van der Waals surface area (Å²) in [6, 6.07) is 0. The highest BCUT2D eigenvalue weighted by atomic mass is 35.5. The van der Waals surface area contributed by atoms with Crippen molar-refractivity contribution >= 4 is 49.1 Å². The van der Waals surface area contributed by atoms with E-state index in [0.717, 1.165) is 0 Å². The number of halogens is 1. The highest BCUT2D eigenvalue weighted by Crippen LogP contribution is 1.84. The second kappa shape index (κ2) is 13.2. The molecule has 0 aromatic carbocycles. The normalized spacial score (nSPS) is 10.2. The summed E-state index contributed by atoms with van der Waals surface area (Å²) in [6.45, 7) is 4.73. The first-order chi connectivity index (χ1) is 10.2. The van der Waals surface area contributed by atoms with Gasteiger partial charge >= 0.3 is 10.2 Å². The van der Waals surface area contributed by atoms with Crippen molar-refractivity contribution in [2.24, 2.45) is 10.3 Å². The van der Waals surface area contributed by atoms with Crippen LogP contribution >= 0.6 is 11.6 Å². The molecule has 0 heterocycles. The third kappa shape index (κ3) is 33.5. The Bertz CT molecular complexity index is 557. The van der Waals surface area contributed by atoms with Crippen LogP contribution in [0.1, 0.15) is 40.0 Å². The quantitative estimate of drug-likeness (QED) is 0.409. The van der Waals surface area contributed by atoms with Crippen LogP contribution in [0.4, 0.5) is 0 Å². The van der Waals surface area contributed by atoms with Gasteiger partial charge in [0.1, 0.15) is 0 Å². The molecular weight excluding hydrogens is 376 g/mol. The van der Waals surface area contributed by atoms with Crippen LogP contribution in [0.2, 0.25) is 0 Å². The Morgan fingerprint density at radius 1 is 0.826 bits per heavy atom. The van der Waals surface area contributed by atoms with Gasteiger partial charge in [0.25, 0.3) is 10.2 Å². The molecule has 0 aromatic rings. The molecule has 6 N–H and O–H groups in total. The fourth-order valence-electron chi connectivity index (χ4n) is 0.470. The Kier molecular flexibility index (Phi) is 15.3. The van der Waals surface area contributed by atoms with E-state index in [1.165, 1.54) is 13.8 Å². The average molecular weight is 397 g/mol. The first-order valence-corrected chi connectivity index (χ1v) is 9.50. The first kappa shape index (κ1) is 26.6. The molecule has 0 spiro atoms. The molecule has 0 rings (SSSR count). The van der Waals surface area contributed by atoms with E-state index >= 15 is 0 Å². The Labute approximate surface area is 140 Å². The lowest BCUT2D eigenvalue weighted by Crippen LogP contribution is -2.42. The summed E-state index contributed by atoms with van der Waals surface area (Å²) in [6.07, 6.45) is 0.518. The molecule has 0 atom stereocenters. The summed E-state index contributed by atoms with van der Waals surface area (Å²) in [4.78, 5) is 30.9. The number of hydrogen-bond donors (Lipinski definition) is 4. The van der Waals surface area contributed by atoms with Gasteiger partial charge in [-0.05, 0) is 11.6 Å². The molecule has 0 bridgehead atoms. The van der Waals surface area contributed by atoms with Crippen LogP contribution in [0.25, 0.3) is 0 Å². The van der Waals surface area contributed by atoms with Gasteiger partial charge in [-0.15, -0.1) is 0 Å². The van der Waals surface area contributed by atoms with Gasteiger partial charge in [-0.25, -0.2) is 19.7 Å². The predicted octanol–water partition coefficient (Wildman–Crippen LogP) is -1.41. The molecule has 0 aromatic heterocycles. The predicted molar refractivity (Wildman–Crippen MR) is 84.2 cm³/mol. The summed E-state index contributed by atoms with van der Waals surface area (Å²) >= 11 is 4.82. The Hall–Kier alpha value is -1.28. The van der Waals surface area contributed by atoms with Crippen molar-refractivity contribution in [3.63, 3.8) is 0 Å². The number of rotatable bonds is 5. The van der Waals surface area contributed by atoms with Gasteiger partial charge in [0.15, 0.2) is 0 Å². The molecule has 0 aliphatic carbocycles. The molecule has 0 aliphatic rings. The molecule has 0 fully saturated rings. The number of nitrogens with one attached hydrogen (secondary N) is 2. The summed E-state index contributed by atoms with van der Waals surface area (Å²) in [5, 5.41) is 7.94.